The van der Waals surface area contributed by atoms with Crippen molar-refractivity contribution >= 4 is 0 Å². The molecule has 0 spiro atoms. The molecule has 0 aliphatic heterocycles. The second-order valence-corrected chi connectivity index (χ2v) is 4.77. The van der Waals surface area contributed by atoms with Gasteiger partial charge in [0.2, 0.25) is 5.89 Å². The largest absolute Gasteiger partial charge is 0.466 e. The first kappa shape index (κ1) is 13.5. The standard InChI is InChI=1S/C13H16N6O2/c1-8-5-11(9(2)20-8)13-17-16-12(21-13)7-19-6-10(3-4-14)15-18-19/h5-6H,3-4,7,14H2,1-2H3. The zero-order chi connectivity index (χ0) is 14.8. The Kier molecular flexibility index (Phi) is 3.53. The maximum atomic E-state index is 5.64. The number of nitrogens with two attached hydrogens (primary N) is 1. The topological polar surface area (TPSA) is 109 Å². The molecular weight excluding hydrogens is 272 g/mol. The van der Waals surface area contributed by atoms with Crippen LogP contribution in [0.15, 0.2) is 21.1 Å². The normalized spacial score (nSPS) is 11.2. The van der Waals surface area contributed by atoms with Crippen LogP contribution in [-0.2, 0) is 13.0 Å². The third kappa shape index (κ3) is 2.84. The number of hydrogen-bond donors (Lipinski definition) is 1. The van der Waals surface area contributed by atoms with E-state index >= 15 is 0 Å². The van der Waals surface area contributed by atoms with E-state index in [0.717, 1.165) is 22.8 Å². The molecule has 8 heteroatoms. The fraction of sp³-hybridized carbons (Fsp3) is 0.385. The summed E-state index contributed by atoms with van der Waals surface area (Å²) in [5, 5.41) is 16.1. The average Bonchev–Trinajstić information content (AvgIpc) is 3.12. The van der Waals surface area contributed by atoms with Gasteiger partial charge in [0.25, 0.3) is 5.89 Å². The highest BCUT2D eigenvalue weighted by Crippen LogP contribution is 2.25. The van der Waals surface area contributed by atoms with Gasteiger partial charge in [-0.1, -0.05) is 5.21 Å². The van der Waals surface area contributed by atoms with E-state index in [9.17, 15) is 0 Å². The number of rotatable bonds is 5. The van der Waals surface area contributed by atoms with Crippen molar-refractivity contribution < 1.29 is 8.83 Å². The molecule has 3 aromatic heterocycles. The molecule has 0 radical (unpaired) electrons. The predicted molar refractivity (Wildman–Crippen MR) is 73.4 cm³/mol. The summed E-state index contributed by atoms with van der Waals surface area (Å²) in [4.78, 5) is 0. The van der Waals surface area contributed by atoms with E-state index < -0.39 is 0 Å². The van der Waals surface area contributed by atoms with Gasteiger partial charge in [-0.25, -0.2) is 4.68 Å². The lowest BCUT2D eigenvalue weighted by Crippen LogP contribution is -2.03. The lowest BCUT2D eigenvalue weighted by molar-refractivity contribution is 0.466. The summed E-state index contributed by atoms with van der Waals surface area (Å²) in [5.74, 6) is 2.48. The van der Waals surface area contributed by atoms with Crippen molar-refractivity contribution in [1.29, 1.82) is 0 Å². The van der Waals surface area contributed by atoms with Gasteiger partial charge >= 0.3 is 0 Å². The van der Waals surface area contributed by atoms with E-state index in [4.69, 9.17) is 14.6 Å². The molecule has 110 valence electrons. The van der Waals surface area contributed by atoms with E-state index in [-0.39, 0.29) is 0 Å². The Morgan fingerprint density at radius 2 is 2.05 bits per heavy atom. The monoisotopic (exact) mass is 288 g/mol. The summed E-state index contributed by atoms with van der Waals surface area (Å²) >= 11 is 0. The number of hydrogen-bond acceptors (Lipinski definition) is 7. The van der Waals surface area contributed by atoms with Crippen molar-refractivity contribution in [3.05, 3.63) is 35.4 Å². The van der Waals surface area contributed by atoms with E-state index in [2.05, 4.69) is 20.5 Å². The molecule has 0 fully saturated rings. The van der Waals surface area contributed by atoms with Crippen LogP contribution < -0.4 is 5.73 Å². The Bertz CT molecular complexity index is 742. The van der Waals surface area contributed by atoms with Crippen molar-refractivity contribution in [2.45, 2.75) is 26.8 Å². The van der Waals surface area contributed by atoms with Crippen LogP contribution in [0.1, 0.15) is 23.1 Å². The quantitative estimate of drug-likeness (QED) is 0.748. The molecule has 2 N–H and O–H groups in total. The van der Waals surface area contributed by atoms with Gasteiger partial charge in [-0.2, -0.15) is 0 Å². The first-order valence-corrected chi connectivity index (χ1v) is 6.64. The van der Waals surface area contributed by atoms with Gasteiger partial charge in [0.15, 0.2) is 0 Å². The summed E-state index contributed by atoms with van der Waals surface area (Å²) in [6.45, 7) is 4.66. The van der Waals surface area contributed by atoms with E-state index in [1.165, 1.54) is 0 Å². The highest BCUT2D eigenvalue weighted by Gasteiger charge is 2.15. The predicted octanol–water partition coefficient (Wildman–Crippen LogP) is 1.09. The molecule has 0 atom stereocenters. The third-order valence-corrected chi connectivity index (χ3v) is 3.02. The van der Waals surface area contributed by atoms with Gasteiger partial charge in [-0.15, -0.1) is 15.3 Å². The number of aromatic nitrogens is 5. The SMILES string of the molecule is Cc1cc(-c2nnc(Cn3cc(CCN)nn3)o2)c(C)o1. The van der Waals surface area contributed by atoms with Crippen molar-refractivity contribution in [3.63, 3.8) is 0 Å². The Morgan fingerprint density at radius 1 is 1.19 bits per heavy atom. The number of nitrogens with zero attached hydrogens (tertiary/aromatic N) is 5. The van der Waals surface area contributed by atoms with Gasteiger partial charge in [-0.3, -0.25) is 0 Å². The lowest BCUT2D eigenvalue weighted by atomic mass is 10.2. The molecule has 3 heterocycles. The molecule has 3 aromatic rings. The second-order valence-electron chi connectivity index (χ2n) is 4.77. The van der Waals surface area contributed by atoms with E-state index in [1.807, 2.05) is 26.1 Å². The second kappa shape index (κ2) is 5.49. The smallest absolute Gasteiger partial charge is 0.251 e. The molecule has 0 aliphatic rings. The van der Waals surface area contributed by atoms with Crippen LogP contribution in [-0.4, -0.2) is 31.7 Å². The molecule has 0 unspecified atom stereocenters. The maximum Gasteiger partial charge on any atom is 0.251 e. The minimum atomic E-state index is 0.375. The van der Waals surface area contributed by atoms with Gasteiger partial charge < -0.3 is 14.6 Å². The highest BCUT2D eigenvalue weighted by molar-refractivity contribution is 5.55. The lowest BCUT2D eigenvalue weighted by Gasteiger charge is -1.93. The van der Waals surface area contributed by atoms with E-state index in [1.54, 1.807) is 4.68 Å². The first-order chi connectivity index (χ1) is 10.2. The van der Waals surface area contributed by atoms with Crippen molar-refractivity contribution in [3.8, 4) is 11.5 Å². The Labute approximate surface area is 121 Å². The van der Waals surface area contributed by atoms with Crippen LogP contribution in [0.5, 0.6) is 0 Å². The number of aryl methyl sites for hydroxylation is 2. The minimum Gasteiger partial charge on any atom is -0.466 e. The molecule has 0 aliphatic carbocycles. The average molecular weight is 288 g/mol. The zero-order valence-electron chi connectivity index (χ0n) is 11.9. The van der Waals surface area contributed by atoms with Crippen LogP contribution in [0.25, 0.3) is 11.5 Å². The fourth-order valence-electron chi connectivity index (χ4n) is 2.09. The molecule has 0 bridgehead atoms. The molecular formula is C13H16N6O2. The van der Waals surface area contributed by atoms with Crippen molar-refractivity contribution in [1.82, 2.24) is 25.2 Å². The summed E-state index contributed by atoms with van der Waals surface area (Å²) in [6.07, 6.45) is 2.52. The molecule has 21 heavy (non-hydrogen) atoms. The summed E-state index contributed by atoms with van der Waals surface area (Å²) in [6, 6.07) is 1.88. The third-order valence-electron chi connectivity index (χ3n) is 3.02. The number of furan rings is 1. The van der Waals surface area contributed by atoms with Gasteiger partial charge in [0.1, 0.15) is 18.1 Å². The molecule has 0 saturated heterocycles. The molecule has 3 rings (SSSR count). The molecule has 0 amide bonds. The molecule has 0 saturated carbocycles. The minimum absolute atomic E-state index is 0.375. The summed E-state index contributed by atoms with van der Waals surface area (Å²) in [7, 11) is 0. The fourth-order valence-corrected chi connectivity index (χ4v) is 2.09. The zero-order valence-corrected chi connectivity index (χ0v) is 11.9. The van der Waals surface area contributed by atoms with Crippen molar-refractivity contribution in [2.24, 2.45) is 5.73 Å². The van der Waals surface area contributed by atoms with Crippen LogP contribution in [0, 0.1) is 13.8 Å². The summed E-state index contributed by atoms with van der Waals surface area (Å²) < 4.78 is 12.7. The van der Waals surface area contributed by atoms with Gasteiger partial charge in [-0.05, 0) is 26.5 Å². The van der Waals surface area contributed by atoms with Crippen LogP contribution >= 0.6 is 0 Å². The molecule has 8 nitrogen and oxygen atoms in total. The van der Waals surface area contributed by atoms with E-state index in [0.29, 0.717) is 31.3 Å². The Balaban J connectivity index is 1.77. The van der Waals surface area contributed by atoms with Crippen LogP contribution in [0.4, 0.5) is 0 Å². The maximum absolute atomic E-state index is 5.64. The highest BCUT2D eigenvalue weighted by atomic mass is 16.4. The Hall–Kier alpha value is -2.48. The van der Waals surface area contributed by atoms with Gasteiger partial charge in [0.05, 0.1) is 11.3 Å². The summed E-state index contributed by atoms with van der Waals surface area (Å²) in [5.41, 5.74) is 7.14. The Morgan fingerprint density at radius 3 is 2.76 bits per heavy atom. The van der Waals surface area contributed by atoms with Crippen molar-refractivity contribution in [2.75, 3.05) is 6.54 Å². The first-order valence-electron chi connectivity index (χ1n) is 6.64. The van der Waals surface area contributed by atoms with Crippen LogP contribution in [0.3, 0.4) is 0 Å². The van der Waals surface area contributed by atoms with Gasteiger partial charge in [0, 0.05) is 12.6 Å². The van der Waals surface area contributed by atoms with Crippen LogP contribution in [0.2, 0.25) is 0 Å². The molecule has 0 aromatic carbocycles.